The van der Waals surface area contributed by atoms with Gasteiger partial charge in [-0.25, -0.2) is 17.8 Å². The van der Waals surface area contributed by atoms with Crippen LogP contribution >= 0.6 is 11.6 Å². The number of rotatable bonds is 6. The predicted molar refractivity (Wildman–Crippen MR) is 91.2 cm³/mol. The number of nitrogens with one attached hydrogen (secondary N) is 1. The van der Waals surface area contributed by atoms with Crippen molar-refractivity contribution in [1.82, 2.24) is 24.7 Å². The summed E-state index contributed by atoms with van der Waals surface area (Å²) in [6.07, 6.45) is 4.90. The molecule has 2 heterocycles. The number of benzene rings is 1. The molecule has 0 bridgehead atoms. The van der Waals surface area contributed by atoms with E-state index in [0.29, 0.717) is 11.4 Å². The van der Waals surface area contributed by atoms with Crippen LogP contribution in [0.4, 0.5) is 0 Å². The molecule has 0 spiro atoms. The zero-order valence-corrected chi connectivity index (χ0v) is 14.7. The Balaban J connectivity index is 1.72. The molecule has 0 aliphatic rings. The van der Waals surface area contributed by atoms with Crippen LogP contribution in [-0.4, -0.2) is 35.5 Å². The minimum absolute atomic E-state index is 0.00769. The van der Waals surface area contributed by atoms with Gasteiger partial charge in [0.15, 0.2) is 0 Å². The summed E-state index contributed by atoms with van der Waals surface area (Å²) in [5, 5.41) is 8.11. The summed E-state index contributed by atoms with van der Waals surface area (Å²) >= 11 is 5.98. The highest BCUT2D eigenvalue weighted by atomic mass is 35.5. The van der Waals surface area contributed by atoms with Crippen molar-refractivity contribution in [3.8, 4) is 11.4 Å². The molecule has 0 unspecified atom stereocenters. The monoisotopic (exact) mass is 379 g/mol. The van der Waals surface area contributed by atoms with Crippen LogP contribution in [0, 0.1) is 0 Å². The van der Waals surface area contributed by atoms with Gasteiger partial charge in [0.05, 0.1) is 47.3 Å². The Morgan fingerprint density at radius 3 is 2.84 bits per heavy atom. The Labute approximate surface area is 149 Å². The van der Waals surface area contributed by atoms with Crippen molar-refractivity contribution in [2.24, 2.45) is 0 Å². The summed E-state index contributed by atoms with van der Waals surface area (Å²) in [5.74, 6) is 0.403. The number of sulfonamides is 1. The highest BCUT2D eigenvalue weighted by Gasteiger charge is 2.16. The second kappa shape index (κ2) is 7.18. The molecule has 0 amide bonds. The molecule has 0 saturated carbocycles. The number of aromatic nitrogens is 4. The Morgan fingerprint density at radius 1 is 1.32 bits per heavy atom. The van der Waals surface area contributed by atoms with Crippen LogP contribution in [-0.2, 0) is 16.6 Å². The molecule has 0 atom stereocenters. The molecule has 1 aromatic carbocycles. The molecular weight excluding hydrogens is 366 g/mol. The van der Waals surface area contributed by atoms with Crippen LogP contribution in [0.15, 0.2) is 53.8 Å². The standard InChI is InChI=1S/C15H14ClN5O3S/c1-24-15-5-4-13(7-14(15)16)25(22,23)18-8-11-10-21(20-19-11)12-3-2-6-17-9-12/h2-7,9-10,18H,8H2,1H3. The average molecular weight is 380 g/mol. The molecule has 2 aromatic heterocycles. The number of nitrogens with zero attached hydrogens (tertiary/aromatic N) is 4. The first-order valence-corrected chi connectivity index (χ1v) is 9.00. The highest BCUT2D eigenvalue weighted by molar-refractivity contribution is 7.89. The maximum atomic E-state index is 12.4. The van der Waals surface area contributed by atoms with Crippen molar-refractivity contribution in [2.75, 3.05) is 7.11 Å². The molecule has 0 radical (unpaired) electrons. The third kappa shape index (κ3) is 3.95. The fourth-order valence-corrected chi connectivity index (χ4v) is 3.41. The lowest BCUT2D eigenvalue weighted by Gasteiger charge is -2.08. The van der Waals surface area contributed by atoms with Crippen LogP contribution in [0.2, 0.25) is 5.02 Å². The van der Waals surface area contributed by atoms with Gasteiger partial charge in [-0.15, -0.1) is 5.10 Å². The van der Waals surface area contributed by atoms with Crippen molar-refractivity contribution >= 4 is 21.6 Å². The zero-order valence-electron chi connectivity index (χ0n) is 13.1. The van der Waals surface area contributed by atoms with E-state index in [-0.39, 0.29) is 16.5 Å². The maximum absolute atomic E-state index is 12.4. The second-order valence-electron chi connectivity index (χ2n) is 4.99. The van der Waals surface area contributed by atoms with E-state index in [9.17, 15) is 8.42 Å². The molecule has 130 valence electrons. The van der Waals surface area contributed by atoms with E-state index in [2.05, 4.69) is 20.0 Å². The molecule has 0 aliphatic carbocycles. The number of halogens is 1. The molecule has 0 aliphatic heterocycles. The van der Waals surface area contributed by atoms with Crippen LogP contribution in [0.25, 0.3) is 5.69 Å². The van der Waals surface area contributed by atoms with Crippen molar-refractivity contribution in [1.29, 1.82) is 0 Å². The molecule has 3 rings (SSSR count). The van der Waals surface area contributed by atoms with Crippen LogP contribution in [0.5, 0.6) is 5.75 Å². The van der Waals surface area contributed by atoms with Gasteiger partial charge in [0, 0.05) is 6.20 Å². The van der Waals surface area contributed by atoms with Gasteiger partial charge in [0.1, 0.15) is 5.75 Å². The Bertz CT molecular complexity index is 976. The van der Waals surface area contributed by atoms with E-state index in [4.69, 9.17) is 16.3 Å². The number of ether oxygens (including phenoxy) is 1. The topological polar surface area (TPSA) is 99.0 Å². The molecule has 25 heavy (non-hydrogen) atoms. The Hall–Kier alpha value is -2.49. The molecule has 0 saturated heterocycles. The van der Waals surface area contributed by atoms with Gasteiger partial charge in [-0.05, 0) is 30.3 Å². The summed E-state index contributed by atoms with van der Waals surface area (Å²) in [5.41, 5.74) is 1.19. The smallest absolute Gasteiger partial charge is 0.240 e. The lowest BCUT2D eigenvalue weighted by atomic mass is 10.3. The quantitative estimate of drug-likeness (QED) is 0.701. The number of methoxy groups -OCH3 is 1. The highest BCUT2D eigenvalue weighted by Crippen LogP contribution is 2.26. The van der Waals surface area contributed by atoms with E-state index < -0.39 is 10.0 Å². The van der Waals surface area contributed by atoms with Gasteiger partial charge in [0.25, 0.3) is 0 Å². The van der Waals surface area contributed by atoms with E-state index in [1.165, 1.54) is 30.0 Å². The fraction of sp³-hybridized carbons (Fsp3) is 0.133. The summed E-state index contributed by atoms with van der Waals surface area (Å²) in [7, 11) is -2.28. The van der Waals surface area contributed by atoms with E-state index >= 15 is 0 Å². The van der Waals surface area contributed by atoms with E-state index in [1.54, 1.807) is 24.7 Å². The number of hydrogen-bond donors (Lipinski definition) is 1. The van der Waals surface area contributed by atoms with Crippen LogP contribution in [0.1, 0.15) is 5.69 Å². The van der Waals surface area contributed by atoms with E-state index in [1.807, 2.05) is 6.07 Å². The zero-order chi connectivity index (χ0) is 17.9. The summed E-state index contributed by atoms with van der Waals surface area (Å²) in [4.78, 5) is 4.03. The molecule has 1 N–H and O–H groups in total. The fourth-order valence-electron chi connectivity index (χ4n) is 2.06. The molecular formula is C15H14ClN5O3S. The minimum atomic E-state index is -3.74. The Morgan fingerprint density at radius 2 is 2.16 bits per heavy atom. The predicted octanol–water partition coefficient (Wildman–Crippen LogP) is 1.80. The molecule has 8 nitrogen and oxygen atoms in total. The van der Waals surface area contributed by atoms with Crippen molar-refractivity contribution in [3.05, 3.63) is 59.6 Å². The molecule has 0 fully saturated rings. The number of hydrogen-bond acceptors (Lipinski definition) is 6. The van der Waals surface area contributed by atoms with Crippen LogP contribution < -0.4 is 9.46 Å². The maximum Gasteiger partial charge on any atom is 0.240 e. The van der Waals surface area contributed by atoms with Crippen molar-refractivity contribution in [2.45, 2.75) is 11.4 Å². The molecule has 3 aromatic rings. The largest absolute Gasteiger partial charge is 0.495 e. The first-order chi connectivity index (χ1) is 12.0. The van der Waals surface area contributed by atoms with Gasteiger partial charge >= 0.3 is 0 Å². The SMILES string of the molecule is COc1ccc(S(=O)(=O)NCc2cn(-c3cccnc3)nn2)cc1Cl. The summed E-state index contributed by atoms with van der Waals surface area (Å²) in [6.45, 7) is -0.00769. The van der Waals surface area contributed by atoms with Crippen molar-refractivity contribution in [3.63, 3.8) is 0 Å². The van der Waals surface area contributed by atoms with Gasteiger partial charge in [0.2, 0.25) is 10.0 Å². The lowest BCUT2D eigenvalue weighted by molar-refractivity contribution is 0.414. The van der Waals surface area contributed by atoms with Crippen molar-refractivity contribution < 1.29 is 13.2 Å². The van der Waals surface area contributed by atoms with Gasteiger partial charge in [-0.1, -0.05) is 16.8 Å². The summed E-state index contributed by atoms with van der Waals surface area (Å²) in [6, 6.07) is 7.83. The molecule has 10 heteroatoms. The van der Waals surface area contributed by atoms with Crippen LogP contribution in [0.3, 0.4) is 0 Å². The third-order valence-corrected chi connectivity index (χ3v) is 5.02. The van der Waals surface area contributed by atoms with Gasteiger partial charge < -0.3 is 4.74 Å². The lowest BCUT2D eigenvalue weighted by Crippen LogP contribution is -2.23. The minimum Gasteiger partial charge on any atom is -0.495 e. The average Bonchev–Trinajstić information content (AvgIpc) is 3.10. The van der Waals surface area contributed by atoms with Gasteiger partial charge in [-0.3, -0.25) is 4.98 Å². The van der Waals surface area contributed by atoms with E-state index in [0.717, 1.165) is 5.69 Å². The normalized spacial score (nSPS) is 11.4. The Kier molecular flexibility index (Phi) is 4.98. The first-order valence-electron chi connectivity index (χ1n) is 7.14. The third-order valence-electron chi connectivity index (χ3n) is 3.33. The second-order valence-corrected chi connectivity index (χ2v) is 7.16. The van der Waals surface area contributed by atoms with Gasteiger partial charge in [-0.2, -0.15) is 0 Å². The first kappa shape index (κ1) is 17.3. The number of pyridine rings is 1. The summed E-state index contributed by atoms with van der Waals surface area (Å²) < 4.78 is 33.7.